The summed E-state index contributed by atoms with van der Waals surface area (Å²) in [6.07, 6.45) is 2.34. The zero-order valence-corrected chi connectivity index (χ0v) is 22.0. The number of amides is 3. The fraction of sp³-hybridized carbons (Fsp3) is 0.520. The minimum absolute atomic E-state index is 0.00442. The standard InChI is InChI=1S/C25H37N5O5S/c1-5-14(4)21(30-22(31)19(12-36)29-23(32)20(26)13(2)3)24(33)28-18(25(34)35)10-15-11-27-17-9-7-6-8-16(15)17/h6-9,11,13-14,18-21,27,36H,5,10,12,26H2,1-4H3,(H,28,33)(H,29,32)(H,30,31)(H,34,35). The molecule has 2 rings (SSSR count). The minimum atomic E-state index is -1.20. The normalized spacial score (nSPS) is 15.5. The summed E-state index contributed by atoms with van der Waals surface area (Å²) in [4.78, 5) is 53.6. The molecule has 3 amide bonds. The molecule has 2 aromatic rings. The van der Waals surface area contributed by atoms with Gasteiger partial charge in [0.2, 0.25) is 17.7 Å². The van der Waals surface area contributed by atoms with Crippen LogP contribution in [0.4, 0.5) is 0 Å². The summed E-state index contributed by atoms with van der Waals surface area (Å²) < 4.78 is 0. The first-order chi connectivity index (χ1) is 17.0. The molecular weight excluding hydrogens is 482 g/mol. The Kier molecular flexibility index (Phi) is 10.8. The molecule has 0 aliphatic rings. The Morgan fingerprint density at radius 3 is 2.22 bits per heavy atom. The van der Waals surface area contributed by atoms with Crippen molar-refractivity contribution in [2.24, 2.45) is 17.6 Å². The van der Waals surface area contributed by atoms with E-state index in [0.29, 0.717) is 6.42 Å². The first-order valence-electron chi connectivity index (χ1n) is 12.0. The van der Waals surface area contributed by atoms with Crippen LogP contribution >= 0.6 is 12.6 Å². The molecule has 36 heavy (non-hydrogen) atoms. The van der Waals surface area contributed by atoms with E-state index in [9.17, 15) is 24.3 Å². The molecule has 0 saturated heterocycles. The van der Waals surface area contributed by atoms with Gasteiger partial charge in [-0.15, -0.1) is 0 Å². The first-order valence-corrected chi connectivity index (χ1v) is 12.7. The number of aromatic amines is 1. The van der Waals surface area contributed by atoms with E-state index < -0.39 is 47.9 Å². The van der Waals surface area contributed by atoms with Gasteiger partial charge in [-0.25, -0.2) is 4.79 Å². The summed E-state index contributed by atoms with van der Waals surface area (Å²) in [5, 5.41) is 18.5. The van der Waals surface area contributed by atoms with Crippen molar-refractivity contribution in [3.63, 3.8) is 0 Å². The van der Waals surface area contributed by atoms with Crippen LogP contribution in [0.15, 0.2) is 30.5 Å². The molecule has 7 N–H and O–H groups in total. The number of benzene rings is 1. The van der Waals surface area contributed by atoms with Crippen LogP contribution in [0.5, 0.6) is 0 Å². The number of hydrogen-bond donors (Lipinski definition) is 7. The smallest absolute Gasteiger partial charge is 0.326 e. The molecule has 198 valence electrons. The maximum Gasteiger partial charge on any atom is 0.326 e. The summed E-state index contributed by atoms with van der Waals surface area (Å²) in [6.45, 7) is 7.22. The highest BCUT2D eigenvalue weighted by Crippen LogP contribution is 2.19. The molecule has 5 unspecified atom stereocenters. The van der Waals surface area contributed by atoms with Crippen LogP contribution in [0.3, 0.4) is 0 Å². The molecule has 0 saturated carbocycles. The zero-order valence-electron chi connectivity index (χ0n) is 21.1. The number of carboxylic acids is 1. The monoisotopic (exact) mass is 519 g/mol. The maximum absolute atomic E-state index is 13.2. The highest BCUT2D eigenvalue weighted by molar-refractivity contribution is 7.80. The van der Waals surface area contributed by atoms with Crippen LogP contribution in [0.25, 0.3) is 10.9 Å². The maximum atomic E-state index is 13.2. The number of nitrogens with two attached hydrogens (primary N) is 1. The van der Waals surface area contributed by atoms with Gasteiger partial charge in [-0.2, -0.15) is 12.6 Å². The van der Waals surface area contributed by atoms with Crippen LogP contribution in [0.1, 0.15) is 39.7 Å². The van der Waals surface area contributed by atoms with Gasteiger partial charge in [0.25, 0.3) is 0 Å². The summed E-state index contributed by atoms with van der Waals surface area (Å²) >= 11 is 4.16. The van der Waals surface area contributed by atoms with E-state index in [1.54, 1.807) is 27.0 Å². The van der Waals surface area contributed by atoms with Crippen LogP contribution in [0.2, 0.25) is 0 Å². The van der Waals surface area contributed by atoms with E-state index in [4.69, 9.17) is 5.73 Å². The number of hydrogen-bond acceptors (Lipinski definition) is 6. The lowest BCUT2D eigenvalue weighted by Crippen LogP contribution is -2.59. The zero-order chi connectivity index (χ0) is 27.0. The van der Waals surface area contributed by atoms with Crippen molar-refractivity contribution in [1.29, 1.82) is 0 Å². The molecule has 0 aliphatic heterocycles. The first kappa shape index (κ1) is 29.2. The molecule has 0 radical (unpaired) electrons. The lowest BCUT2D eigenvalue weighted by molar-refractivity contribution is -0.142. The number of H-pyrrole nitrogens is 1. The van der Waals surface area contributed by atoms with Crippen molar-refractivity contribution in [3.8, 4) is 0 Å². The topological polar surface area (TPSA) is 166 Å². The second-order valence-electron chi connectivity index (χ2n) is 9.35. The Morgan fingerprint density at radius 1 is 1.00 bits per heavy atom. The van der Waals surface area contributed by atoms with Gasteiger partial charge in [0, 0.05) is 29.3 Å². The minimum Gasteiger partial charge on any atom is -0.480 e. The van der Waals surface area contributed by atoms with Gasteiger partial charge in [0.05, 0.1) is 6.04 Å². The van der Waals surface area contributed by atoms with E-state index >= 15 is 0 Å². The average molecular weight is 520 g/mol. The van der Waals surface area contributed by atoms with Gasteiger partial charge >= 0.3 is 5.97 Å². The molecule has 11 heteroatoms. The molecule has 0 bridgehead atoms. The fourth-order valence-corrected chi connectivity index (χ4v) is 3.96. The number of aliphatic carboxylic acids is 1. The number of aromatic nitrogens is 1. The molecule has 0 fully saturated rings. The highest BCUT2D eigenvalue weighted by atomic mass is 32.1. The Balaban J connectivity index is 2.15. The molecule has 1 heterocycles. The van der Waals surface area contributed by atoms with Crippen LogP contribution in [0, 0.1) is 11.8 Å². The third-order valence-corrected chi connectivity index (χ3v) is 6.71. The molecule has 1 aromatic carbocycles. The summed E-state index contributed by atoms with van der Waals surface area (Å²) in [5.41, 5.74) is 7.48. The Morgan fingerprint density at radius 2 is 1.64 bits per heavy atom. The number of rotatable bonds is 13. The molecule has 1 aromatic heterocycles. The quantitative estimate of drug-likeness (QED) is 0.196. The van der Waals surface area contributed by atoms with Crippen LogP contribution in [-0.4, -0.2) is 63.7 Å². The Hall–Kier alpha value is -3.05. The van der Waals surface area contributed by atoms with Crippen molar-refractivity contribution in [1.82, 2.24) is 20.9 Å². The number of carbonyl (C=O) groups excluding carboxylic acids is 3. The van der Waals surface area contributed by atoms with Gasteiger partial charge in [0.15, 0.2) is 0 Å². The summed E-state index contributed by atoms with van der Waals surface area (Å²) in [6, 6.07) is 3.46. The number of carboxylic acid groups (broad SMARTS) is 1. The van der Waals surface area contributed by atoms with E-state index in [1.165, 1.54) is 0 Å². The predicted molar refractivity (Wildman–Crippen MR) is 142 cm³/mol. The van der Waals surface area contributed by atoms with Crippen molar-refractivity contribution in [2.45, 2.75) is 64.7 Å². The van der Waals surface area contributed by atoms with E-state index in [1.807, 2.05) is 31.2 Å². The van der Waals surface area contributed by atoms with Gasteiger partial charge in [-0.1, -0.05) is 52.3 Å². The van der Waals surface area contributed by atoms with Crippen LogP contribution < -0.4 is 21.7 Å². The Bertz CT molecular complexity index is 1070. The van der Waals surface area contributed by atoms with Gasteiger partial charge < -0.3 is 31.8 Å². The lowest BCUT2D eigenvalue weighted by atomic mass is 9.97. The van der Waals surface area contributed by atoms with E-state index in [2.05, 4.69) is 33.6 Å². The molecule has 5 atom stereocenters. The Labute approximate surface area is 216 Å². The van der Waals surface area contributed by atoms with Crippen molar-refractivity contribution in [3.05, 3.63) is 36.0 Å². The van der Waals surface area contributed by atoms with E-state index in [-0.39, 0.29) is 24.0 Å². The van der Waals surface area contributed by atoms with Gasteiger partial charge in [-0.3, -0.25) is 14.4 Å². The van der Waals surface area contributed by atoms with Crippen molar-refractivity contribution >= 4 is 47.2 Å². The highest BCUT2D eigenvalue weighted by Gasteiger charge is 2.33. The molecule has 0 aliphatic carbocycles. The number of carbonyl (C=O) groups is 4. The predicted octanol–water partition coefficient (Wildman–Crippen LogP) is 1.21. The van der Waals surface area contributed by atoms with Crippen molar-refractivity contribution in [2.75, 3.05) is 5.75 Å². The number of para-hydroxylation sites is 1. The van der Waals surface area contributed by atoms with Crippen LogP contribution in [-0.2, 0) is 25.6 Å². The van der Waals surface area contributed by atoms with Gasteiger partial charge in [0.1, 0.15) is 18.1 Å². The summed E-state index contributed by atoms with van der Waals surface area (Å²) in [5.74, 6) is -3.33. The fourth-order valence-electron chi connectivity index (χ4n) is 3.70. The number of nitrogens with one attached hydrogen (secondary N) is 4. The molecular formula is C25H37N5O5S. The largest absolute Gasteiger partial charge is 0.480 e. The lowest BCUT2D eigenvalue weighted by Gasteiger charge is -2.28. The third kappa shape index (κ3) is 7.47. The molecule has 0 spiro atoms. The van der Waals surface area contributed by atoms with Crippen molar-refractivity contribution < 1.29 is 24.3 Å². The average Bonchev–Trinajstić information content (AvgIpc) is 3.26. The second kappa shape index (κ2) is 13.3. The summed E-state index contributed by atoms with van der Waals surface area (Å²) in [7, 11) is 0. The van der Waals surface area contributed by atoms with Gasteiger partial charge in [-0.05, 0) is 23.5 Å². The molecule has 10 nitrogen and oxygen atoms in total. The number of thiol groups is 1. The third-order valence-electron chi connectivity index (χ3n) is 6.34. The second-order valence-corrected chi connectivity index (χ2v) is 9.71. The number of fused-ring (bicyclic) bond motifs is 1. The van der Waals surface area contributed by atoms with E-state index in [0.717, 1.165) is 16.5 Å². The SMILES string of the molecule is CCC(C)C(NC(=O)C(CS)NC(=O)C(N)C(C)C)C(=O)NC(Cc1c[nH]c2ccccc12)C(=O)O.